The Labute approximate surface area is 240 Å². The Kier molecular flexibility index (Phi) is 16.1. The molecule has 1 saturated carbocycles. The standard InChI is InChI=1S/C32H52F2O6/c1-4-5-6-14-21-32(33,34)29(36)20-19-26-25(27(35)23-28(26)40-31-18-13-15-22-38-31)16-11-9-7-8-10-12-17-30(37)39-24(2)3/h12,17,24-26,28,31H,4-11,13-16,18-23H2,1-3H3/b17-12+/t25-,26-,28-,31?/m1/s1. The van der Waals surface area contributed by atoms with E-state index in [4.69, 9.17) is 14.2 Å². The lowest BCUT2D eigenvalue weighted by Gasteiger charge is -2.30. The van der Waals surface area contributed by atoms with Gasteiger partial charge in [0.2, 0.25) is 5.78 Å². The van der Waals surface area contributed by atoms with Gasteiger partial charge in [-0.2, -0.15) is 8.78 Å². The number of rotatable bonds is 20. The number of Topliss-reactive ketones (excluding diaryl/α,β-unsaturated/α-hetero) is 2. The highest BCUT2D eigenvalue weighted by molar-refractivity contribution is 5.86. The first-order valence-electron chi connectivity index (χ1n) is 15.7. The molecule has 40 heavy (non-hydrogen) atoms. The van der Waals surface area contributed by atoms with Gasteiger partial charge >= 0.3 is 11.9 Å². The molecule has 0 aromatic rings. The average molecular weight is 571 g/mol. The van der Waals surface area contributed by atoms with E-state index in [-0.39, 0.29) is 61.3 Å². The number of halogens is 2. The number of ether oxygens (including phenoxy) is 3. The summed E-state index contributed by atoms with van der Waals surface area (Å²) < 4.78 is 46.1. The molecule has 0 bridgehead atoms. The summed E-state index contributed by atoms with van der Waals surface area (Å²) in [5, 5.41) is 0. The summed E-state index contributed by atoms with van der Waals surface area (Å²) in [6, 6.07) is 0. The highest BCUT2D eigenvalue weighted by Gasteiger charge is 2.45. The third-order valence-corrected chi connectivity index (χ3v) is 7.97. The Morgan fingerprint density at radius 2 is 1.80 bits per heavy atom. The Hall–Kier alpha value is -1.67. The minimum absolute atomic E-state index is 0.108. The predicted molar refractivity (Wildman–Crippen MR) is 151 cm³/mol. The van der Waals surface area contributed by atoms with Gasteiger partial charge in [-0.3, -0.25) is 9.59 Å². The fraction of sp³-hybridized carbons (Fsp3) is 0.844. The van der Waals surface area contributed by atoms with E-state index in [0.717, 1.165) is 64.2 Å². The molecule has 0 aromatic carbocycles. The molecule has 1 heterocycles. The molecule has 2 rings (SSSR count). The number of unbranched alkanes of at least 4 members (excludes halogenated alkanes) is 7. The van der Waals surface area contributed by atoms with E-state index in [0.29, 0.717) is 25.9 Å². The molecule has 8 heteroatoms. The summed E-state index contributed by atoms with van der Waals surface area (Å²) in [5.74, 6) is -5.06. The molecule has 0 N–H and O–H groups in total. The van der Waals surface area contributed by atoms with Crippen molar-refractivity contribution in [1.29, 1.82) is 0 Å². The van der Waals surface area contributed by atoms with E-state index in [2.05, 4.69) is 0 Å². The highest BCUT2D eigenvalue weighted by atomic mass is 19.3. The number of carbonyl (C=O) groups is 3. The minimum Gasteiger partial charge on any atom is -0.460 e. The van der Waals surface area contributed by atoms with Crippen LogP contribution in [0.5, 0.6) is 0 Å². The lowest BCUT2D eigenvalue weighted by molar-refractivity contribution is -0.196. The summed E-state index contributed by atoms with van der Waals surface area (Å²) in [4.78, 5) is 37.1. The first kappa shape index (κ1) is 34.5. The first-order valence-corrected chi connectivity index (χ1v) is 15.7. The summed E-state index contributed by atoms with van der Waals surface area (Å²) in [5.41, 5.74) is 0. The molecule has 2 fully saturated rings. The molecule has 1 aliphatic heterocycles. The molecule has 0 aromatic heterocycles. The number of hydrogen-bond acceptors (Lipinski definition) is 6. The molecular weight excluding hydrogens is 518 g/mol. The number of allylic oxidation sites excluding steroid dienone is 1. The van der Waals surface area contributed by atoms with Gasteiger partial charge in [0.25, 0.3) is 0 Å². The van der Waals surface area contributed by atoms with Crippen LogP contribution in [0.25, 0.3) is 0 Å². The fourth-order valence-corrected chi connectivity index (χ4v) is 5.75. The van der Waals surface area contributed by atoms with Crippen LogP contribution in [0.15, 0.2) is 12.2 Å². The largest absolute Gasteiger partial charge is 0.460 e. The van der Waals surface area contributed by atoms with Crippen LogP contribution in [-0.4, -0.2) is 48.6 Å². The Bertz CT molecular complexity index is 790. The van der Waals surface area contributed by atoms with Crippen molar-refractivity contribution in [2.24, 2.45) is 11.8 Å². The summed E-state index contributed by atoms with van der Waals surface area (Å²) >= 11 is 0. The molecule has 230 valence electrons. The lowest BCUT2D eigenvalue weighted by atomic mass is 9.84. The van der Waals surface area contributed by atoms with Crippen molar-refractivity contribution >= 4 is 17.5 Å². The van der Waals surface area contributed by atoms with E-state index in [1.807, 2.05) is 26.8 Å². The van der Waals surface area contributed by atoms with E-state index in [1.54, 1.807) is 0 Å². The van der Waals surface area contributed by atoms with Crippen LogP contribution in [0.3, 0.4) is 0 Å². The van der Waals surface area contributed by atoms with Crippen LogP contribution in [0.1, 0.15) is 130 Å². The van der Waals surface area contributed by atoms with Gasteiger partial charge in [0, 0.05) is 37.9 Å². The third-order valence-electron chi connectivity index (χ3n) is 7.97. The maximum atomic E-state index is 14.5. The maximum absolute atomic E-state index is 14.5. The lowest BCUT2D eigenvalue weighted by Crippen LogP contribution is -2.33. The zero-order chi connectivity index (χ0) is 29.4. The van der Waals surface area contributed by atoms with Crippen LogP contribution < -0.4 is 0 Å². The smallest absolute Gasteiger partial charge is 0.330 e. The number of hydrogen-bond donors (Lipinski definition) is 0. The highest BCUT2D eigenvalue weighted by Crippen LogP contribution is 2.40. The molecule has 0 amide bonds. The summed E-state index contributed by atoms with van der Waals surface area (Å²) in [7, 11) is 0. The third kappa shape index (κ3) is 12.9. The molecule has 4 atom stereocenters. The second kappa shape index (κ2) is 18.7. The van der Waals surface area contributed by atoms with Gasteiger partial charge in [-0.05, 0) is 71.1 Å². The summed E-state index contributed by atoms with van der Waals surface area (Å²) in [6.45, 7) is 6.26. The summed E-state index contributed by atoms with van der Waals surface area (Å²) in [6.07, 6.45) is 13.1. The van der Waals surface area contributed by atoms with Crippen molar-refractivity contribution in [2.75, 3.05) is 6.61 Å². The van der Waals surface area contributed by atoms with Crippen molar-refractivity contribution in [3.8, 4) is 0 Å². The monoisotopic (exact) mass is 570 g/mol. The topological polar surface area (TPSA) is 78.9 Å². The minimum atomic E-state index is -3.31. The average Bonchev–Trinajstić information content (AvgIpc) is 3.20. The molecule has 2 aliphatic rings. The SMILES string of the molecule is CCCCCCC(F)(F)C(=O)CC[C@H]1[C@H](OC2CCCCO2)CC(=O)[C@@H]1CCCCCC/C=C/C(=O)OC(C)C. The fourth-order valence-electron chi connectivity index (χ4n) is 5.75. The number of ketones is 2. The van der Waals surface area contributed by atoms with E-state index in [1.165, 1.54) is 6.08 Å². The van der Waals surface area contributed by atoms with Crippen molar-refractivity contribution in [3.63, 3.8) is 0 Å². The Balaban J connectivity index is 1.86. The van der Waals surface area contributed by atoms with Gasteiger partial charge in [-0.15, -0.1) is 0 Å². The number of alkyl halides is 2. The van der Waals surface area contributed by atoms with Crippen LogP contribution in [0, 0.1) is 11.8 Å². The van der Waals surface area contributed by atoms with E-state index >= 15 is 0 Å². The van der Waals surface area contributed by atoms with Gasteiger partial charge in [0.1, 0.15) is 5.78 Å². The molecule has 0 radical (unpaired) electrons. The first-order chi connectivity index (χ1) is 19.1. The molecule has 1 unspecified atom stereocenters. The van der Waals surface area contributed by atoms with Crippen LogP contribution in [-0.2, 0) is 28.6 Å². The molecule has 1 aliphatic carbocycles. The maximum Gasteiger partial charge on any atom is 0.330 e. The second-order valence-corrected chi connectivity index (χ2v) is 11.8. The Morgan fingerprint density at radius 3 is 2.50 bits per heavy atom. The predicted octanol–water partition coefficient (Wildman–Crippen LogP) is 7.91. The van der Waals surface area contributed by atoms with Crippen LogP contribution in [0.4, 0.5) is 8.78 Å². The van der Waals surface area contributed by atoms with Crippen molar-refractivity contribution < 1.29 is 37.4 Å². The number of carbonyl (C=O) groups excluding carboxylic acids is 3. The molecule has 6 nitrogen and oxygen atoms in total. The van der Waals surface area contributed by atoms with Gasteiger partial charge in [0.15, 0.2) is 6.29 Å². The van der Waals surface area contributed by atoms with Crippen LogP contribution >= 0.6 is 0 Å². The van der Waals surface area contributed by atoms with Gasteiger partial charge in [-0.1, -0.05) is 51.5 Å². The van der Waals surface area contributed by atoms with Gasteiger partial charge < -0.3 is 14.2 Å². The zero-order valence-corrected chi connectivity index (χ0v) is 25.0. The van der Waals surface area contributed by atoms with Crippen LogP contribution in [0.2, 0.25) is 0 Å². The Morgan fingerprint density at radius 1 is 1.05 bits per heavy atom. The molecule has 0 spiro atoms. The molecular formula is C32H52F2O6. The van der Waals surface area contributed by atoms with E-state index in [9.17, 15) is 23.2 Å². The number of esters is 1. The second-order valence-electron chi connectivity index (χ2n) is 11.8. The van der Waals surface area contributed by atoms with Crippen molar-refractivity contribution in [1.82, 2.24) is 0 Å². The van der Waals surface area contributed by atoms with Crippen molar-refractivity contribution in [2.45, 2.75) is 154 Å². The quantitative estimate of drug-likeness (QED) is 0.0841. The normalized spacial score (nSPS) is 23.8. The molecule has 1 saturated heterocycles. The van der Waals surface area contributed by atoms with E-state index < -0.39 is 18.1 Å². The van der Waals surface area contributed by atoms with Gasteiger partial charge in [0.05, 0.1) is 12.2 Å². The van der Waals surface area contributed by atoms with Gasteiger partial charge in [-0.25, -0.2) is 4.79 Å². The zero-order valence-electron chi connectivity index (χ0n) is 25.0. The van der Waals surface area contributed by atoms with Crippen molar-refractivity contribution in [3.05, 3.63) is 12.2 Å².